The third-order valence-corrected chi connectivity index (χ3v) is 5.99. The normalized spacial score (nSPS) is 14.8. The number of nitrogen functional groups attached to an aromatic ring is 1. The van der Waals surface area contributed by atoms with E-state index in [9.17, 15) is 9.59 Å². The first-order valence-corrected chi connectivity index (χ1v) is 11.8. The molecule has 1 aliphatic rings. The van der Waals surface area contributed by atoms with Crippen molar-refractivity contribution < 1.29 is 19.1 Å². The first-order chi connectivity index (χ1) is 17.9. The standard InChI is InChI=1S/C27H26N6O4/c1-32-16-19(15-30-32)18-13-24(25(28)29-14-18)26(34)31-20-11-12-33(17-20)27(35)37-23-9-7-22(8-10-23)36-21-5-3-2-4-6-21/h2-10,13-16,20H,11-12,17H2,1H3,(H2,28,29)(H,31,34)/t20-/m1/s1. The molecule has 3 N–H and O–H groups in total. The number of benzene rings is 2. The molecule has 0 aliphatic carbocycles. The smallest absolute Gasteiger partial charge is 0.415 e. The fraction of sp³-hybridized carbons (Fsp3) is 0.185. The summed E-state index contributed by atoms with van der Waals surface area (Å²) in [5.41, 5.74) is 7.83. The molecule has 1 aliphatic heterocycles. The highest BCUT2D eigenvalue weighted by molar-refractivity contribution is 5.99. The van der Waals surface area contributed by atoms with E-state index in [1.54, 1.807) is 52.3 Å². The van der Waals surface area contributed by atoms with Crippen LogP contribution in [0.25, 0.3) is 11.1 Å². The highest BCUT2D eigenvalue weighted by atomic mass is 16.6. The van der Waals surface area contributed by atoms with Crippen molar-refractivity contribution in [1.29, 1.82) is 0 Å². The van der Waals surface area contributed by atoms with E-state index >= 15 is 0 Å². The summed E-state index contributed by atoms with van der Waals surface area (Å²) in [6.45, 7) is 0.790. The second kappa shape index (κ2) is 10.4. The number of likely N-dealkylation sites (tertiary alicyclic amines) is 1. The van der Waals surface area contributed by atoms with Crippen molar-refractivity contribution in [3.63, 3.8) is 0 Å². The summed E-state index contributed by atoms with van der Waals surface area (Å²) in [5, 5.41) is 7.10. The number of amides is 2. The van der Waals surface area contributed by atoms with Gasteiger partial charge in [-0.1, -0.05) is 18.2 Å². The van der Waals surface area contributed by atoms with Gasteiger partial charge in [0.1, 0.15) is 23.1 Å². The lowest BCUT2D eigenvalue weighted by atomic mass is 10.1. The van der Waals surface area contributed by atoms with Crippen molar-refractivity contribution in [2.24, 2.45) is 7.05 Å². The molecule has 1 fully saturated rings. The zero-order valence-electron chi connectivity index (χ0n) is 20.2. The molecule has 1 saturated heterocycles. The maximum absolute atomic E-state index is 12.9. The number of nitrogens with two attached hydrogens (primary N) is 1. The first kappa shape index (κ1) is 23.9. The van der Waals surface area contributed by atoms with Crippen molar-refractivity contribution in [2.75, 3.05) is 18.8 Å². The number of carbonyl (C=O) groups excluding carboxylic acids is 2. The van der Waals surface area contributed by atoms with E-state index in [4.69, 9.17) is 15.2 Å². The first-order valence-electron chi connectivity index (χ1n) is 11.8. The van der Waals surface area contributed by atoms with Crippen molar-refractivity contribution in [3.05, 3.63) is 84.8 Å². The van der Waals surface area contributed by atoms with Gasteiger partial charge in [0.15, 0.2) is 0 Å². The van der Waals surface area contributed by atoms with Crippen LogP contribution >= 0.6 is 0 Å². The number of nitrogens with zero attached hydrogens (tertiary/aromatic N) is 4. The van der Waals surface area contributed by atoms with Crippen molar-refractivity contribution >= 4 is 17.8 Å². The van der Waals surface area contributed by atoms with Crippen LogP contribution in [-0.4, -0.2) is 50.8 Å². The Bertz CT molecular complexity index is 1400. The van der Waals surface area contributed by atoms with Crippen LogP contribution in [0.1, 0.15) is 16.8 Å². The number of aryl methyl sites for hydroxylation is 1. The van der Waals surface area contributed by atoms with Crippen LogP contribution < -0.4 is 20.5 Å². The Labute approximate surface area is 213 Å². The molecule has 37 heavy (non-hydrogen) atoms. The average Bonchev–Trinajstić information content (AvgIpc) is 3.55. The van der Waals surface area contributed by atoms with Gasteiger partial charge in [0.2, 0.25) is 0 Å². The van der Waals surface area contributed by atoms with Crippen molar-refractivity contribution in [1.82, 2.24) is 25.0 Å². The van der Waals surface area contributed by atoms with E-state index in [2.05, 4.69) is 15.4 Å². The summed E-state index contributed by atoms with van der Waals surface area (Å²) in [6, 6.07) is 17.7. The Morgan fingerprint density at radius 2 is 1.73 bits per heavy atom. The molecule has 188 valence electrons. The van der Waals surface area contributed by atoms with E-state index in [1.165, 1.54) is 0 Å². The van der Waals surface area contributed by atoms with Crippen LogP contribution in [0.15, 0.2) is 79.3 Å². The number of para-hydroxylation sites is 1. The SMILES string of the molecule is Cn1cc(-c2cnc(N)c(C(=O)N[C@@H]3CCN(C(=O)Oc4ccc(Oc5ccccc5)cc4)C3)c2)cn1. The molecule has 0 bridgehead atoms. The topological polar surface area (TPSA) is 125 Å². The quantitative estimate of drug-likeness (QED) is 0.414. The number of hydrogen-bond donors (Lipinski definition) is 2. The highest BCUT2D eigenvalue weighted by Gasteiger charge is 2.29. The third-order valence-electron chi connectivity index (χ3n) is 5.99. The maximum atomic E-state index is 12.9. The van der Waals surface area contributed by atoms with E-state index in [0.29, 0.717) is 31.0 Å². The second-order valence-corrected chi connectivity index (χ2v) is 8.72. The molecule has 5 rings (SSSR count). The van der Waals surface area contributed by atoms with Gasteiger partial charge in [0.05, 0.1) is 11.8 Å². The molecule has 0 spiro atoms. The van der Waals surface area contributed by atoms with E-state index in [1.807, 2.05) is 43.6 Å². The Morgan fingerprint density at radius 1 is 1.00 bits per heavy atom. The summed E-state index contributed by atoms with van der Waals surface area (Å²) < 4.78 is 12.9. The van der Waals surface area contributed by atoms with Crippen LogP contribution in [0.2, 0.25) is 0 Å². The van der Waals surface area contributed by atoms with Crippen LogP contribution in [0.4, 0.5) is 10.6 Å². The maximum Gasteiger partial charge on any atom is 0.415 e. The second-order valence-electron chi connectivity index (χ2n) is 8.72. The predicted molar refractivity (Wildman–Crippen MR) is 137 cm³/mol. The number of anilines is 1. The van der Waals surface area contributed by atoms with Crippen LogP contribution in [0, 0.1) is 0 Å². The highest BCUT2D eigenvalue weighted by Crippen LogP contribution is 2.25. The molecule has 3 heterocycles. The fourth-order valence-electron chi connectivity index (χ4n) is 4.06. The molecule has 2 amide bonds. The summed E-state index contributed by atoms with van der Waals surface area (Å²) in [4.78, 5) is 31.3. The Morgan fingerprint density at radius 3 is 2.46 bits per heavy atom. The van der Waals surface area contributed by atoms with Crippen molar-refractivity contribution in [2.45, 2.75) is 12.5 Å². The fourth-order valence-corrected chi connectivity index (χ4v) is 4.06. The Balaban J connectivity index is 1.15. The summed E-state index contributed by atoms with van der Waals surface area (Å²) >= 11 is 0. The van der Waals surface area contributed by atoms with Crippen LogP contribution in [0.5, 0.6) is 17.2 Å². The number of ether oxygens (including phenoxy) is 2. The minimum Gasteiger partial charge on any atom is -0.457 e. The molecule has 1 atom stereocenters. The lowest BCUT2D eigenvalue weighted by Gasteiger charge is -2.17. The van der Waals surface area contributed by atoms with Gasteiger partial charge in [-0.2, -0.15) is 5.10 Å². The molecule has 4 aromatic rings. The van der Waals surface area contributed by atoms with Gasteiger partial charge >= 0.3 is 6.09 Å². The molecule has 2 aromatic heterocycles. The van der Waals surface area contributed by atoms with Crippen molar-refractivity contribution in [3.8, 4) is 28.4 Å². The number of pyridine rings is 1. The number of aromatic nitrogens is 3. The predicted octanol–water partition coefficient (Wildman–Crippen LogP) is 3.86. The van der Waals surface area contributed by atoms with E-state index in [-0.39, 0.29) is 23.3 Å². The molecule has 0 unspecified atom stereocenters. The number of carbonyl (C=O) groups is 2. The molecular formula is C27H26N6O4. The lowest BCUT2D eigenvalue weighted by Crippen LogP contribution is -2.39. The Kier molecular flexibility index (Phi) is 6.71. The van der Waals surface area contributed by atoms with Gasteiger partial charge in [-0.05, 0) is 48.9 Å². The summed E-state index contributed by atoms with van der Waals surface area (Å²) in [5.74, 6) is 1.56. The van der Waals surface area contributed by atoms with Gasteiger partial charge in [0, 0.05) is 49.7 Å². The van der Waals surface area contributed by atoms with Gasteiger partial charge in [-0.25, -0.2) is 9.78 Å². The minimum absolute atomic E-state index is 0.138. The molecule has 0 radical (unpaired) electrons. The average molecular weight is 499 g/mol. The van der Waals surface area contributed by atoms with Gasteiger partial charge < -0.3 is 25.4 Å². The molecule has 10 nitrogen and oxygen atoms in total. The zero-order valence-corrected chi connectivity index (χ0v) is 20.2. The zero-order chi connectivity index (χ0) is 25.8. The largest absolute Gasteiger partial charge is 0.457 e. The lowest BCUT2D eigenvalue weighted by molar-refractivity contribution is 0.0937. The summed E-state index contributed by atoms with van der Waals surface area (Å²) in [6.07, 6.45) is 5.25. The van der Waals surface area contributed by atoms with E-state index in [0.717, 1.165) is 16.9 Å². The number of rotatable bonds is 6. The van der Waals surface area contributed by atoms with Gasteiger partial charge in [0.25, 0.3) is 5.91 Å². The van der Waals surface area contributed by atoms with Gasteiger partial charge in [-0.3, -0.25) is 9.48 Å². The number of hydrogen-bond acceptors (Lipinski definition) is 7. The monoisotopic (exact) mass is 498 g/mol. The third kappa shape index (κ3) is 5.69. The number of nitrogens with one attached hydrogen (secondary N) is 1. The minimum atomic E-state index is -0.478. The van der Waals surface area contributed by atoms with Gasteiger partial charge in [-0.15, -0.1) is 0 Å². The molecule has 10 heteroatoms. The molecule has 2 aromatic carbocycles. The Hall–Kier alpha value is -4.86. The van der Waals surface area contributed by atoms with Crippen LogP contribution in [0.3, 0.4) is 0 Å². The summed E-state index contributed by atoms with van der Waals surface area (Å²) in [7, 11) is 1.81. The molecular weight excluding hydrogens is 472 g/mol. The van der Waals surface area contributed by atoms with E-state index < -0.39 is 6.09 Å². The van der Waals surface area contributed by atoms with Crippen LogP contribution in [-0.2, 0) is 7.05 Å². The molecule has 0 saturated carbocycles.